The number of halogens is 6. The molecule has 2 N–H and O–H groups in total. The van der Waals surface area contributed by atoms with Gasteiger partial charge in [-0.25, -0.2) is 9.49 Å². The second-order valence-corrected chi connectivity index (χ2v) is 9.23. The summed E-state index contributed by atoms with van der Waals surface area (Å²) in [6.45, 7) is 1.36. The number of anilines is 1. The number of carbonyl (C=O) groups is 1. The summed E-state index contributed by atoms with van der Waals surface area (Å²) in [6, 6.07) is 9.56. The zero-order valence-electron chi connectivity index (χ0n) is 20.3. The molecule has 1 amide bonds. The molecule has 2 aromatic carbocycles. The Morgan fingerprint density at radius 2 is 1.79 bits per heavy atom. The van der Waals surface area contributed by atoms with Crippen LogP contribution >= 0.6 is 0 Å². The highest BCUT2D eigenvalue weighted by Crippen LogP contribution is 2.50. The van der Waals surface area contributed by atoms with E-state index < -0.39 is 41.2 Å². The molecule has 2 aromatic heterocycles. The van der Waals surface area contributed by atoms with E-state index in [2.05, 4.69) is 30.9 Å². The lowest BCUT2D eigenvalue weighted by Crippen LogP contribution is -2.29. The average molecular weight is 546 g/mol. The van der Waals surface area contributed by atoms with Crippen LogP contribution in [0.1, 0.15) is 43.0 Å². The molecule has 0 saturated heterocycles. The fourth-order valence-corrected chi connectivity index (χ4v) is 4.37. The molecule has 0 atom stereocenters. The van der Waals surface area contributed by atoms with Crippen LogP contribution in [-0.2, 0) is 22.3 Å². The van der Waals surface area contributed by atoms with Crippen LogP contribution in [0, 0.1) is 5.82 Å². The molecular weight excluding hydrogens is 526 g/mol. The minimum absolute atomic E-state index is 0.112. The van der Waals surface area contributed by atoms with Crippen LogP contribution in [0.5, 0.6) is 0 Å². The first-order chi connectivity index (χ1) is 18.4. The Labute approximate surface area is 217 Å². The van der Waals surface area contributed by atoms with E-state index in [1.165, 1.54) is 25.3 Å². The van der Waals surface area contributed by atoms with Gasteiger partial charge in [0.1, 0.15) is 11.5 Å². The van der Waals surface area contributed by atoms with Gasteiger partial charge in [0, 0.05) is 35.0 Å². The number of benzene rings is 2. The molecule has 5 rings (SSSR count). The molecule has 7 nitrogen and oxygen atoms in total. The number of alkyl halides is 5. The number of tetrazole rings is 1. The molecule has 1 aliphatic rings. The Kier molecular flexibility index (Phi) is 6.39. The minimum atomic E-state index is -4.71. The van der Waals surface area contributed by atoms with Crippen molar-refractivity contribution in [2.24, 2.45) is 0 Å². The zero-order valence-corrected chi connectivity index (χ0v) is 20.3. The predicted molar refractivity (Wildman–Crippen MR) is 128 cm³/mol. The summed E-state index contributed by atoms with van der Waals surface area (Å²) >= 11 is 0. The molecule has 0 aliphatic heterocycles. The molecule has 0 spiro atoms. The summed E-state index contributed by atoms with van der Waals surface area (Å²) in [4.78, 5) is 17.1. The van der Waals surface area contributed by atoms with Gasteiger partial charge in [-0.1, -0.05) is 25.1 Å². The Hall–Kier alpha value is -4.29. The van der Waals surface area contributed by atoms with Gasteiger partial charge in [0.2, 0.25) is 5.91 Å². The van der Waals surface area contributed by atoms with Gasteiger partial charge in [0.15, 0.2) is 5.82 Å². The third-order valence-electron chi connectivity index (χ3n) is 6.77. The number of amides is 1. The number of hydrogen-bond donors (Lipinski definition) is 2. The van der Waals surface area contributed by atoms with E-state index in [9.17, 15) is 31.1 Å². The number of nitrogens with zero attached hydrogens (tertiary/aromatic N) is 4. The van der Waals surface area contributed by atoms with E-state index in [4.69, 9.17) is 0 Å². The van der Waals surface area contributed by atoms with Gasteiger partial charge in [-0.3, -0.25) is 9.78 Å². The van der Waals surface area contributed by atoms with Gasteiger partial charge in [0.25, 0.3) is 5.92 Å². The number of hydrogen-bond acceptors (Lipinski definition) is 5. The van der Waals surface area contributed by atoms with E-state index in [0.29, 0.717) is 22.8 Å². The Morgan fingerprint density at radius 3 is 2.36 bits per heavy atom. The van der Waals surface area contributed by atoms with Crippen LogP contribution in [0.2, 0.25) is 0 Å². The maximum atomic E-state index is 14.7. The predicted octanol–water partition coefficient (Wildman–Crippen LogP) is 6.26. The first-order valence-corrected chi connectivity index (χ1v) is 11.9. The maximum Gasteiger partial charge on any atom is 0.416 e. The first-order valence-electron chi connectivity index (χ1n) is 11.9. The summed E-state index contributed by atoms with van der Waals surface area (Å²) in [6.07, 6.45) is -3.29. The van der Waals surface area contributed by atoms with Crippen LogP contribution in [0.25, 0.3) is 22.5 Å². The summed E-state index contributed by atoms with van der Waals surface area (Å²) in [5, 5.41) is 16.3. The van der Waals surface area contributed by atoms with Crippen molar-refractivity contribution in [2.45, 2.75) is 43.7 Å². The third-order valence-corrected chi connectivity index (χ3v) is 6.77. The fraction of sp³-hybridized carbons (Fsp3) is 0.269. The summed E-state index contributed by atoms with van der Waals surface area (Å²) in [5.74, 6) is -4.54. The van der Waals surface area contributed by atoms with Crippen molar-refractivity contribution >= 4 is 11.6 Å². The van der Waals surface area contributed by atoms with Crippen molar-refractivity contribution in [3.8, 4) is 22.5 Å². The molecule has 202 valence electrons. The van der Waals surface area contributed by atoms with Crippen molar-refractivity contribution in [3.05, 3.63) is 77.4 Å². The average Bonchev–Trinajstić information content (AvgIpc) is 3.53. The quantitative estimate of drug-likeness (QED) is 0.267. The topological polar surface area (TPSA) is 96.5 Å². The smallest absolute Gasteiger partial charge is 0.325 e. The lowest BCUT2D eigenvalue weighted by Gasteiger charge is -2.19. The van der Waals surface area contributed by atoms with Crippen LogP contribution < -0.4 is 5.32 Å². The van der Waals surface area contributed by atoms with Crippen LogP contribution in [0.15, 0.2) is 54.7 Å². The van der Waals surface area contributed by atoms with E-state index >= 15 is 0 Å². The third kappa shape index (κ3) is 4.95. The molecule has 1 fully saturated rings. The van der Waals surface area contributed by atoms with Gasteiger partial charge >= 0.3 is 6.18 Å². The number of carbonyl (C=O) groups excluding carboxylic acids is 1. The highest BCUT2D eigenvalue weighted by Gasteiger charge is 2.53. The molecular formula is C26H20F6N6O. The molecule has 0 radical (unpaired) electrons. The van der Waals surface area contributed by atoms with E-state index in [0.717, 1.165) is 12.1 Å². The summed E-state index contributed by atoms with van der Waals surface area (Å²) in [7, 11) is 0. The lowest BCUT2D eigenvalue weighted by molar-refractivity contribution is -0.137. The minimum Gasteiger partial charge on any atom is -0.325 e. The Balaban J connectivity index is 1.45. The molecule has 13 heteroatoms. The van der Waals surface area contributed by atoms with Crippen LogP contribution in [-0.4, -0.2) is 31.5 Å². The zero-order chi connectivity index (χ0) is 28.0. The van der Waals surface area contributed by atoms with Crippen molar-refractivity contribution in [1.82, 2.24) is 25.6 Å². The SMILES string of the molecule is CCC(F)(F)c1ccc(-c2ccc(NC(=O)C3(c4ccc(C(F)(F)F)cc4F)CC3)cc2-c2nnn[nH]2)cn1. The van der Waals surface area contributed by atoms with E-state index in [-0.39, 0.29) is 35.6 Å². The maximum absolute atomic E-state index is 14.7. The second kappa shape index (κ2) is 9.47. The molecule has 2 heterocycles. The number of aromatic amines is 1. The first kappa shape index (κ1) is 26.3. The van der Waals surface area contributed by atoms with Crippen molar-refractivity contribution in [1.29, 1.82) is 0 Å². The molecule has 39 heavy (non-hydrogen) atoms. The van der Waals surface area contributed by atoms with Crippen LogP contribution in [0.4, 0.5) is 32.0 Å². The largest absolute Gasteiger partial charge is 0.416 e. The van der Waals surface area contributed by atoms with Gasteiger partial charge in [0.05, 0.1) is 11.0 Å². The number of pyridine rings is 1. The van der Waals surface area contributed by atoms with Crippen molar-refractivity contribution in [2.75, 3.05) is 5.32 Å². The molecule has 1 saturated carbocycles. The highest BCUT2D eigenvalue weighted by molar-refractivity contribution is 6.02. The monoisotopic (exact) mass is 546 g/mol. The normalized spacial score (nSPS) is 14.7. The van der Waals surface area contributed by atoms with Gasteiger partial charge in [-0.05, 0) is 59.2 Å². The standard InChI is InChI=1S/C26H20F6N6O/c1-2-25(28,29)21-8-3-14(13-33-21)17-6-5-16(12-18(17)22-35-37-38-36-22)34-23(39)24(9-10-24)19-7-4-15(11-20(19)27)26(30,31)32/h3-8,11-13H,2,9-10H2,1H3,(H,34,39)(H,35,36,37,38). The van der Waals surface area contributed by atoms with E-state index in [1.807, 2.05) is 0 Å². The number of nitrogens with one attached hydrogen (secondary N) is 2. The Bertz CT molecular complexity index is 1520. The van der Waals surface area contributed by atoms with Crippen molar-refractivity contribution < 1.29 is 31.1 Å². The number of H-pyrrole nitrogens is 1. The van der Waals surface area contributed by atoms with Gasteiger partial charge < -0.3 is 5.32 Å². The molecule has 0 bridgehead atoms. The number of aromatic nitrogens is 5. The highest BCUT2D eigenvalue weighted by atomic mass is 19.4. The fourth-order valence-electron chi connectivity index (χ4n) is 4.37. The summed E-state index contributed by atoms with van der Waals surface area (Å²) in [5.41, 5.74) is -1.20. The number of rotatable bonds is 7. The van der Waals surface area contributed by atoms with Gasteiger partial charge in [-0.15, -0.1) is 5.10 Å². The molecule has 0 unspecified atom stereocenters. The van der Waals surface area contributed by atoms with E-state index in [1.54, 1.807) is 18.2 Å². The molecule has 4 aromatic rings. The molecule has 1 aliphatic carbocycles. The summed E-state index contributed by atoms with van der Waals surface area (Å²) < 4.78 is 81.6. The lowest BCUT2D eigenvalue weighted by atomic mass is 9.92. The Morgan fingerprint density at radius 1 is 1.03 bits per heavy atom. The van der Waals surface area contributed by atoms with Gasteiger partial charge in [-0.2, -0.15) is 22.0 Å². The van der Waals surface area contributed by atoms with Crippen molar-refractivity contribution in [3.63, 3.8) is 0 Å². The van der Waals surface area contributed by atoms with Crippen LogP contribution in [0.3, 0.4) is 0 Å². The second-order valence-electron chi connectivity index (χ2n) is 9.23.